The average Bonchev–Trinajstić information content (AvgIpc) is 2.11. The molecule has 3 nitrogen and oxygen atoms in total. The number of rotatable bonds is 6. The first-order valence-electron chi connectivity index (χ1n) is 4.62. The Labute approximate surface area is 80.4 Å². The highest BCUT2D eigenvalue weighted by Gasteiger charge is 2.27. The summed E-state index contributed by atoms with van der Waals surface area (Å²) in [6, 6.07) is 0. The Kier molecular flexibility index (Phi) is 5.71. The Hall–Kier alpha value is -0.570. The highest BCUT2D eigenvalue weighted by Crippen LogP contribution is 2.24. The summed E-state index contributed by atoms with van der Waals surface area (Å²) in [7, 11) is 3.12. The van der Waals surface area contributed by atoms with Gasteiger partial charge in [-0.1, -0.05) is 6.42 Å². The second-order valence-electron chi connectivity index (χ2n) is 3.83. The number of carbonyl (C=O) groups is 1. The van der Waals surface area contributed by atoms with E-state index in [9.17, 15) is 4.79 Å². The van der Waals surface area contributed by atoms with Crippen LogP contribution < -0.4 is 0 Å². The molecule has 78 valence electrons. The number of hydrogen-bond acceptors (Lipinski definition) is 3. The van der Waals surface area contributed by atoms with Crippen LogP contribution in [0.5, 0.6) is 0 Å². The van der Waals surface area contributed by atoms with E-state index in [1.165, 1.54) is 7.11 Å². The van der Waals surface area contributed by atoms with Gasteiger partial charge in [0.1, 0.15) is 0 Å². The highest BCUT2D eigenvalue weighted by atomic mass is 16.5. The average molecular weight is 188 g/mol. The van der Waals surface area contributed by atoms with E-state index in [0.717, 1.165) is 25.9 Å². The van der Waals surface area contributed by atoms with E-state index in [0.29, 0.717) is 0 Å². The zero-order valence-corrected chi connectivity index (χ0v) is 9.05. The predicted molar refractivity (Wildman–Crippen MR) is 51.5 cm³/mol. The molecule has 0 aromatic heterocycles. The molecule has 3 heteroatoms. The van der Waals surface area contributed by atoms with Gasteiger partial charge in [0.05, 0.1) is 12.5 Å². The summed E-state index contributed by atoms with van der Waals surface area (Å²) in [4.78, 5) is 11.2. The third kappa shape index (κ3) is 4.88. The highest BCUT2D eigenvalue weighted by molar-refractivity contribution is 5.75. The van der Waals surface area contributed by atoms with Crippen molar-refractivity contribution < 1.29 is 14.3 Å². The van der Waals surface area contributed by atoms with Gasteiger partial charge in [0, 0.05) is 13.7 Å². The van der Waals surface area contributed by atoms with E-state index in [1.54, 1.807) is 7.11 Å². The van der Waals surface area contributed by atoms with Crippen molar-refractivity contribution in [3.63, 3.8) is 0 Å². The van der Waals surface area contributed by atoms with E-state index < -0.39 is 0 Å². The summed E-state index contributed by atoms with van der Waals surface area (Å²) in [6.07, 6.45) is 2.84. The number of hydrogen-bond donors (Lipinski definition) is 0. The van der Waals surface area contributed by atoms with Gasteiger partial charge in [-0.05, 0) is 26.7 Å². The number of unbranched alkanes of at least 4 members (excludes halogenated alkanes) is 1. The molecule has 0 aliphatic carbocycles. The van der Waals surface area contributed by atoms with Crippen LogP contribution in [-0.4, -0.2) is 26.8 Å². The summed E-state index contributed by atoms with van der Waals surface area (Å²) >= 11 is 0. The molecular weight excluding hydrogens is 168 g/mol. The van der Waals surface area contributed by atoms with Crippen molar-refractivity contribution in [2.24, 2.45) is 5.41 Å². The Bertz CT molecular complexity index is 152. The van der Waals surface area contributed by atoms with Crippen LogP contribution in [0.25, 0.3) is 0 Å². The fourth-order valence-electron chi connectivity index (χ4n) is 1.19. The summed E-state index contributed by atoms with van der Waals surface area (Å²) in [5.74, 6) is -0.134. The molecule has 0 spiro atoms. The molecule has 0 aliphatic rings. The third-order valence-corrected chi connectivity index (χ3v) is 2.14. The standard InChI is InChI=1S/C10H20O3/c1-10(2,9(11)13-4)7-5-6-8-12-3/h5-8H2,1-4H3. The van der Waals surface area contributed by atoms with E-state index in [1.807, 2.05) is 13.8 Å². The molecule has 0 rings (SSSR count). The van der Waals surface area contributed by atoms with Crippen LogP contribution in [0.2, 0.25) is 0 Å². The summed E-state index contributed by atoms with van der Waals surface area (Å²) in [5, 5.41) is 0. The van der Waals surface area contributed by atoms with Crippen molar-refractivity contribution in [3.8, 4) is 0 Å². The maximum absolute atomic E-state index is 11.2. The number of carbonyl (C=O) groups excluding carboxylic acids is 1. The third-order valence-electron chi connectivity index (χ3n) is 2.14. The molecule has 0 bridgehead atoms. The molecule has 0 saturated carbocycles. The van der Waals surface area contributed by atoms with Crippen molar-refractivity contribution >= 4 is 5.97 Å². The van der Waals surface area contributed by atoms with Crippen molar-refractivity contribution in [2.75, 3.05) is 20.8 Å². The Morgan fingerprint density at radius 1 is 1.23 bits per heavy atom. The molecular formula is C10H20O3. The quantitative estimate of drug-likeness (QED) is 0.472. The molecule has 0 aliphatic heterocycles. The first kappa shape index (κ1) is 12.4. The smallest absolute Gasteiger partial charge is 0.311 e. The van der Waals surface area contributed by atoms with Gasteiger partial charge in [0.15, 0.2) is 0 Å². The van der Waals surface area contributed by atoms with Gasteiger partial charge in [0.25, 0.3) is 0 Å². The molecule has 13 heavy (non-hydrogen) atoms. The second-order valence-corrected chi connectivity index (χ2v) is 3.83. The van der Waals surface area contributed by atoms with Gasteiger partial charge in [-0.3, -0.25) is 4.79 Å². The van der Waals surface area contributed by atoms with Crippen LogP contribution in [0.3, 0.4) is 0 Å². The van der Waals surface area contributed by atoms with Crippen LogP contribution in [0.1, 0.15) is 33.1 Å². The second kappa shape index (κ2) is 5.97. The number of esters is 1. The minimum Gasteiger partial charge on any atom is -0.469 e. The van der Waals surface area contributed by atoms with Crippen molar-refractivity contribution in [1.29, 1.82) is 0 Å². The maximum Gasteiger partial charge on any atom is 0.311 e. The Morgan fingerprint density at radius 2 is 1.85 bits per heavy atom. The first-order valence-corrected chi connectivity index (χ1v) is 4.62. The monoisotopic (exact) mass is 188 g/mol. The predicted octanol–water partition coefficient (Wildman–Crippen LogP) is 2.00. The largest absolute Gasteiger partial charge is 0.469 e. The van der Waals surface area contributed by atoms with Crippen molar-refractivity contribution in [3.05, 3.63) is 0 Å². The molecule has 0 aromatic carbocycles. The van der Waals surface area contributed by atoms with Gasteiger partial charge in [-0.25, -0.2) is 0 Å². The lowest BCUT2D eigenvalue weighted by atomic mass is 9.87. The molecule has 0 aromatic rings. The number of methoxy groups -OCH3 is 2. The lowest BCUT2D eigenvalue weighted by Crippen LogP contribution is -2.25. The van der Waals surface area contributed by atoms with Crippen LogP contribution in [0, 0.1) is 5.41 Å². The summed E-state index contributed by atoms with van der Waals surface area (Å²) < 4.78 is 9.63. The molecule has 0 radical (unpaired) electrons. The molecule has 0 amide bonds. The van der Waals surface area contributed by atoms with Crippen LogP contribution in [0.4, 0.5) is 0 Å². The van der Waals surface area contributed by atoms with Crippen LogP contribution >= 0.6 is 0 Å². The molecule has 0 unspecified atom stereocenters. The van der Waals surface area contributed by atoms with Gasteiger partial charge in [-0.2, -0.15) is 0 Å². The lowest BCUT2D eigenvalue weighted by molar-refractivity contribution is -0.151. The summed E-state index contributed by atoms with van der Waals surface area (Å²) in [5.41, 5.74) is -0.359. The van der Waals surface area contributed by atoms with Crippen LogP contribution in [0.15, 0.2) is 0 Å². The zero-order valence-electron chi connectivity index (χ0n) is 9.05. The SMILES string of the molecule is COCCCCC(C)(C)C(=O)OC. The van der Waals surface area contributed by atoms with Gasteiger partial charge in [0.2, 0.25) is 0 Å². The molecule has 0 atom stereocenters. The fourth-order valence-corrected chi connectivity index (χ4v) is 1.19. The first-order chi connectivity index (χ1) is 6.04. The molecule has 0 fully saturated rings. The van der Waals surface area contributed by atoms with Crippen molar-refractivity contribution in [2.45, 2.75) is 33.1 Å². The van der Waals surface area contributed by atoms with Crippen molar-refractivity contribution in [1.82, 2.24) is 0 Å². The minimum absolute atomic E-state index is 0.134. The Morgan fingerprint density at radius 3 is 2.31 bits per heavy atom. The maximum atomic E-state index is 11.2. The van der Waals surface area contributed by atoms with E-state index in [-0.39, 0.29) is 11.4 Å². The fraction of sp³-hybridized carbons (Fsp3) is 0.900. The van der Waals surface area contributed by atoms with Gasteiger partial charge < -0.3 is 9.47 Å². The topological polar surface area (TPSA) is 35.5 Å². The minimum atomic E-state index is -0.359. The Balaban J connectivity index is 3.69. The zero-order chi connectivity index (χ0) is 10.3. The molecule has 0 saturated heterocycles. The van der Waals surface area contributed by atoms with Crippen LogP contribution in [-0.2, 0) is 14.3 Å². The molecule has 0 heterocycles. The number of ether oxygens (including phenoxy) is 2. The normalized spacial score (nSPS) is 11.4. The van der Waals surface area contributed by atoms with E-state index in [2.05, 4.69) is 0 Å². The van der Waals surface area contributed by atoms with Gasteiger partial charge in [-0.15, -0.1) is 0 Å². The molecule has 0 N–H and O–H groups in total. The summed E-state index contributed by atoms with van der Waals surface area (Å²) in [6.45, 7) is 4.58. The van der Waals surface area contributed by atoms with Gasteiger partial charge >= 0.3 is 5.97 Å². The van der Waals surface area contributed by atoms with E-state index in [4.69, 9.17) is 9.47 Å². The van der Waals surface area contributed by atoms with E-state index >= 15 is 0 Å². The lowest BCUT2D eigenvalue weighted by Gasteiger charge is -2.20.